The highest BCUT2D eigenvalue weighted by Crippen LogP contribution is 2.44. The summed E-state index contributed by atoms with van der Waals surface area (Å²) in [7, 11) is 1.42. The molecular weight excluding hydrogens is 492 g/mol. The Kier molecular flexibility index (Phi) is 6.91. The molecule has 0 bridgehead atoms. The van der Waals surface area contributed by atoms with Crippen molar-refractivity contribution in [1.29, 1.82) is 0 Å². The van der Waals surface area contributed by atoms with Gasteiger partial charge in [0.05, 0.1) is 30.8 Å². The van der Waals surface area contributed by atoms with Crippen molar-refractivity contribution in [2.24, 2.45) is 0 Å². The van der Waals surface area contributed by atoms with Gasteiger partial charge < -0.3 is 19.5 Å². The summed E-state index contributed by atoms with van der Waals surface area (Å²) in [5, 5.41) is 3.49. The van der Waals surface area contributed by atoms with Crippen molar-refractivity contribution in [3.05, 3.63) is 53.1 Å². The molecule has 1 saturated carbocycles. The van der Waals surface area contributed by atoms with Gasteiger partial charge in [0.2, 0.25) is 0 Å². The van der Waals surface area contributed by atoms with E-state index in [1.807, 2.05) is 0 Å². The third-order valence-corrected chi connectivity index (χ3v) is 5.62. The van der Waals surface area contributed by atoms with Crippen LogP contribution in [0.1, 0.15) is 36.3 Å². The van der Waals surface area contributed by atoms with Crippen LogP contribution in [0, 0.1) is 12.7 Å². The Bertz CT molecular complexity index is 1270. The van der Waals surface area contributed by atoms with Gasteiger partial charge in [0.15, 0.2) is 11.5 Å². The van der Waals surface area contributed by atoms with Crippen LogP contribution < -0.4 is 14.8 Å². The quantitative estimate of drug-likeness (QED) is 0.275. The minimum absolute atomic E-state index is 0.0240. The Morgan fingerprint density at radius 3 is 2.44 bits per heavy atom. The Hall–Kier alpha value is -3.28. The largest absolute Gasteiger partial charge is 0.493 e. The molecule has 1 aliphatic carbocycles. The lowest BCUT2D eigenvalue weighted by Gasteiger charge is -2.19. The number of hydrogen-bond acceptors (Lipinski definition) is 6. The number of hydrogen-bond donors (Lipinski definition) is 1. The van der Waals surface area contributed by atoms with Crippen LogP contribution in [-0.4, -0.2) is 42.3 Å². The number of nitrogens with zero attached hydrogens (tertiary/aromatic N) is 2. The van der Waals surface area contributed by atoms with Gasteiger partial charge >= 0.3 is 6.18 Å². The first kappa shape index (κ1) is 25.8. The second-order valence-corrected chi connectivity index (χ2v) is 8.45. The number of rotatable bonds is 9. The van der Waals surface area contributed by atoms with E-state index in [0.29, 0.717) is 28.5 Å². The topological polar surface area (TPSA) is 65.5 Å². The molecule has 0 saturated heterocycles. The number of anilines is 1. The van der Waals surface area contributed by atoms with Crippen molar-refractivity contribution in [2.45, 2.75) is 44.5 Å². The second-order valence-electron chi connectivity index (χ2n) is 8.45. The lowest BCUT2D eigenvalue weighted by atomic mass is 10.0. The molecule has 2 atom stereocenters. The van der Waals surface area contributed by atoms with E-state index in [2.05, 4.69) is 15.3 Å². The van der Waals surface area contributed by atoms with Crippen LogP contribution in [0.15, 0.2) is 30.3 Å². The summed E-state index contributed by atoms with van der Waals surface area (Å²) in [5.41, 5.74) is -0.558. The van der Waals surface area contributed by atoms with Gasteiger partial charge in [-0.1, -0.05) is 0 Å². The third kappa shape index (κ3) is 5.75. The highest BCUT2D eigenvalue weighted by atomic mass is 19.4. The fraction of sp³-hybridized carbons (Fsp3) is 0.417. The second kappa shape index (κ2) is 9.64. The van der Waals surface area contributed by atoms with Crippen LogP contribution in [0.3, 0.4) is 0 Å². The highest BCUT2D eigenvalue weighted by molar-refractivity contribution is 5.92. The summed E-state index contributed by atoms with van der Waals surface area (Å²) in [6.45, 7) is 3.13. The van der Waals surface area contributed by atoms with E-state index in [1.54, 1.807) is 26.0 Å². The molecule has 1 heterocycles. The summed E-state index contributed by atoms with van der Waals surface area (Å²) in [6.07, 6.45) is -6.11. The first-order valence-corrected chi connectivity index (χ1v) is 11.0. The smallest absolute Gasteiger partial charge is 0.416 e. The highest BCUT2D eigenvalue weighted by Gasteiger charge is 2.58. The molecule has 1 fully saturated rings. The van der Waals surface area contributed by atoms with E-state index in [4.69, 9.17) is 14.2 Å². The Balaban J connectivity index is 1.59. The van der Waals surface area contributed by atoms with Crippen molar-refractivity contribution < 1.29 is 40.6 Å². The summed E-state index contributed by atoms with van der Waals surface area (Å²) in [5.74, 6) is -2.55. The molecule has 2 aromatic carbocycles. The molecule has 0 radical (unpaired) electrons. The van der Waals surface area contributed by atoms with Crippen molar-refractivity contribution >= 4 is 16.7 Å². The SMILES string of the molecule is COc1cc2nc(C)nc(N[C@H](C)c3cc(F)cc(C(F)(F)F)c3)c2cc1OCCOC1CC1(F)F. The summed E-state index contributed by atoms with van der Waals surface area (Å²) in [4.78, 5) is 8.73. The number of nitrogens with one attached hydrogen (secondary N) is 1. The molecule has 6 nitrogen and oxygen atoms in total. The Morgan fingerprint density at radius 2 is 1.81 bits per heavy atom. The van der Waals surface area contributed by atoms with Gasteiger partial charge in [0, 0.05) is 17.9 Å². The maximum Gasteiger partial charge on any atom is 0.416 e. The lowest BCUT2D eigenvalue weighted by Crippen LogP contribution is -2.13. The van der Waals surface area contributed by atoms with E-state index in [9.17, 15) is 26.3 Å². The number of ether oxygens (including phenoxy) is 3. The molecule has 0 amide bonds. The molecule has 3 aromatic rings. The maximum absolute atomic E-state index is 13.9. The molecule has 194 valence electrons. The van der Waals surface area contributed by atoms with Crippen LogP contribution >= 0.6 is 0 Å². The minimum atomic E-state index is -4.70. The van der Waals surface area contributed by atoms with Gasteiger partial charge in [0.1, 0.15) is 30.2 Å². The molecule has 1 aliphatic rings. The number of aryl methyl sites for hydroxylation is 1. The monoisotopic (exact) mass is 515 g/mol. The molecular formula is C24H23F6N3O3. The normalized spacial score (nSPS) is 17.6. The lowest BCUT2D eigenvalue weighted by molar-refractivity contribution is -0.137. The molecule has 1 aromatic heterocycles. The zero-order chi connectivity index (χ0) is 26.3. The summed E-state index contributed by atoms with van der Waals surface area (Å²) in [6, 6.07) is 4.74. The van der Waals surface area contributed by atoms with Gasteiger partial charge in [-0.25, -0.2) is 23.1 Å². The first-order chi connectivity index (χ1) is 16.9. The number of aromatic nitrogens is 2. The third-order valence-electron chi connectivity index (χ3n) is 5.62. The van der Waals surface area contributed by atoms with Crippen molar-refractivity contribution in [3.8, 4) is 11.5 Å². The number of methoxy groups -OCH3 is 1. The van der Waals surface area contributed by atoms with Crippen molar-refractivity contribution in [2.75, 3.05) is 25.6 Å². The molecule has 1 unspecified atom stereocenters. The zero-order valence-electron chi connectivity index (χ0n) is 19.5. The van der Waals surface area contributed by atoms with Crippen LogP contribution in [0.5, 0.6) is 11.5 Å². The Morgan fingerprint density at radius 1 is 1.08 bits per heavy atom. The van der Waals surface area contributed by atoms with E-state index in [0.717, 1.165) is 12.1 Å². The summed E-state index contributed by atoms with van der Waals surface area (Å²) < 4.78 is 95.4. The van der Waals surface area contributed by atoms with Gasteiger partial charge in [-0.2, -0.15) is 13.2 Å². The fourth-order valence-corrected chi connectivity index (χ4v) is 3.66. The standard InChI is InChI=1S/C24H23F6N3O3/c1-12(14-6-15(24(28,29)30)8-16(25)7-14)31-22-17-9-20(35-4-5-36-21-11-23(21,26)27)19(34-3)10-18(17)32-13(2)33-22/h6-10,12,21H,4-5,11H2,1-3H3,(H,31,32,33)/t12-,21?/m1/s1. The molecule has 36 heavy (non-hydrogen) atoms. The van der Waals surface area contributed by atoms with Crippen LogP contribution in [-0.2, 0) is 10.9 Å². The number of alkyl halides is 5. The number of benzene rings is 2. The fourth-order valence-electron chi connectivity index (χ4n) is 3.66. The number of fused-ring (bicyclic) bond motifs is 1. The zero-order valence-corrected chi connectivity index (χ0v) is 19.5. The van der Waals surface area contributed by atoms with Crippen LogP contribution in [0.4, 0.5) is 32.2 Å². The Labute approximate surface area is 202 Å². The molecule has 12 heteroatoms. The number of halogens is 6. The molecule has 0 spiro atoms. The predicted molar refractivity (Wildman–Crippen MR) is 119 cm³/mol. The van der Waals surface area contributed by atoms with Crippen molar-refractivity contribution in [1.82, 2.24) is 9.97 Å². The molecule has 4 rings (SSSR count). The molecule has 0 aliphatic heterocycles. The van der Waals surface area contributed by atoms with Gasteiger partial charge in [0.25, 0.3) is 5.92 Å². The van der Waals surface area contributed by atoms with Gasteiger partial charge in [-0.3, -0.25) is 0 Å². The van der Waals surface area contributed by atoms with Gasteiger partial charge in [-0.05, 0) is 43.7 Å². The van der Waals surface area contributed by atoms with E-state index < -0.39 is 35.6 Å². The van der Waals surface area contributed by atoms with Crippen LogP contribution in [0.2, 0.25) is 0 Å². The minimum Gasteiger partial charge on any atom is -0.493 e. The van der Waals surface area contributed by atoms with E-state index in [-0.39, 0.29) is 36.8 Å². The average molecular weight is 515 g/mol. The average Bonchev–Trinajstić information content (AvgIpc) is 3.41. The summed E-state index contributed by atoms with van der Waals surface area (Å²) >= 11 is 0. The predicted octanol–water partition coefficient (Wildman–Crippen LogP) is 6.08. The first-order valence-electron chi connectivity index (χ1n) is 11.0. The van der Waals surface area contributed by atoms with Crippen LogP contribution in [0.25, 0.3) is 10.9 Å². The van der Waals surface area contributed by atoms with Crippen molar-refractivity contribution in [3.63, 3.8) is 0 Å². The van der Waals surface area contributed by atoms with E-state index >= 15 is 0 Å². The van der Waals surface area contributed by atoms with Gasteiger partial charge in [-0.15, -0.1) is 0 Å². The van der Waals surface area contributed by atoms with E-state index in [1.165, 1.54) is 7.11 Å². The molecule has 1 N–H and O–H groups in total. The maximum atomic E-state index is 13.9.